The maximum Gasteiger partial charge on any atom is 0.0964 e. The highest BCUT2D eigenvalue weighted by molar-refractivity contribution is 5.43. The summed E-state index contributed by atoms with van der Waals surface area (Å²) >= 11 is 0. The number of hydrogen-bond donors (Lipinski definition) is 2. The third-order valence-corrected chi connectivity index (χ3v) is 3.06. The van der Waals surface area contributed by atoms with Crippen LogP contribution in [0.4, 0.5) is 5.69 Å². The molecule has 2 nitrogen and oxygen atoms in total. The van der Waals surface area contributed by atoms with E-state index in [4.69, 9.17) is 0 Å². The standard InChI is InChI=1S/C16H19NO/c1-12-8-9-15(13(2)10-12)16(18)11-17-14-6-4-3-5-7-14/h3-10,16-18H,11H2,1-2H3. The van der Waals surface area contributed by atoms with Crippen molar-refractivity contribution >= 4 is 5.69 Å². The molecule has 18 heavy (non-hydrogen) atoms. The summed E-state index contributed by atoms with van der Waals surface area (Å²) in [5.41, 5.74) is 4.38. The van der Waals surface area contributed by atoms with E-state index in [1.165, 1.54) is 5.56 Å². The van der Waals surface area contributed by atoms with Crippen LogP contribution in [0.2, 0.25) is 0 Å². The van der Waals surface area contributed by atoms with Crippen molar-refractivity contribution in [2.24, 2.45) is 0 Å². The summed E-state index contributed by atoms with van der Waals surface area (Å²) in [7, 11) is 0. The van der Waals surface area contributed by atoms with Gasteiger partial charge in [-0.15, -0.1) is 0 Å². The lowest BCUT2D eigenvalue weighted by atomic mass is 10.0. The van der Waals surface area contributed by atoms with E-state index in [9.17, 15) is 5.11 Å². The summed E-state index contributed by atoms with van der Waals surface area (Å²) in [6, 6.07) is 16.1. The Hall–Kier alpha value is -1.80. The Morgan fingerprint density at radius 3 is 2.44 bits per heavy atom. The quantitative estimate of drug-likeness (QED) is 0.859. The number of anilines is 1. The number of aliphatic hydroxyl groups is 1. The van der Waals surface area contributed by atoms with Crippen molar-refractivity contribution in [3.63, 3.8) is 0 Å². The monoisotopic (exact) mass is 241 g/mol. The summed E-state index contributed by atoms with van der Waals surface area (Å²) in [4.78, 5) is 0. The van der Waals surface area contributed by atoms with Gasteiger partial charge in [0.25, 0.3) is 0 Å². The van der Waals surface area contributed by atoms with Crippen LogP contribution in [-0.4, -0.2) is 11.7 Å². The number of aryl methyl sites for hydroxylation is 2. The van der Waals surface area contributed by atoms with Gasteiger partial charge in [0, 0.05) is 12.2 Å². The largest absolute Gasteiger partial charge is 0.387 e. The van der Waals surface area contributed by atoms with Crippen molar-refractivity contribution < 1.29 is 5.11 Å². The van der Waals surface area contributed by atoms with E-state index >= 15 is 0 Å². The topological polar surface area (TPSA) is 32.3 Å². The van der Waals surface area contributed by atoms with E-state index in [2.05, 4.69) is 18.3 Å². The van der Waals surface area contributed by atoms with Crippen LogP contribution in [0.1, 0.15) is 22.8 Å². The molecular weight excluding hydrogens is 222 g/mol. The molecule has 0 fully saturated rings. The first kappa shape index (κ1) is 12.7. The predicted octanol–water partition coefficient (Wildman–Crippen LogP) is 3.45. The van der Waals surface area contributed by atoms with Gasteiger partial charge in [-0.25, -0.2) is 0 Å². The Kier molecular flexibility index (Phi) is 4.00. The van der Waals surface area contributed by atoms with E-state index in [0.717, 1.165) is 16.8 Å². The van der Waals surface area contributed by atoms with Crippen molar-refractivity contribution in [1.82, 2.24) is 0 Å². The number of rotatable bonds is 4. The summed E-state index contributed by atoms with van der Waals surface area (Å²) in [5.74, 6) is 0. The van der Waals surface area contributed by atoms with E-state index < -0.39 is 6.10 Å². The van der Waals surface area contributed by atoms with Gasteiger partial charge in [0.2, 0.25) is 0 Å². The molecule has 0 aliphatic heterocycles. The Morgan fingerprint density at radius 1 is 1.06 bits per heavy atom. The zero-order valence-electron chi connectivity index (χ0n) is 10.9. The Labute approximate surface area is 108 Å². The SMILES string of the molecule is Cc1ccc(C(O)CNc2ccccc2)c(C)c1. The molecule has 0 bridgehead atoms. The molecule has 1 unspecified atom stereocenters. The minimum absolute atomic E-state index is 0.481. The van der Waals surface area contributed by atoms with Gasteiger partial charge in [0.1, 0.15) is 0 Å². The molecule has 2 N–H and O–H groups in total. The number of nitrogens with one attached hydrogen (secondary N) is 1. The normalized spacial score (nSPS) is 12.2. The van der Waals surface area contributed by atoms with E-state index in [1.807, 2.05) is 49.4 Å². The zero-order valence-corrected chi connectivity index (χ0v) is 10.9. The lowest BCUT2D eigenvalue weighted by molar-refractivity contribution is 0.191. The van der Waals surface area contributed by atoms with Gasteiger partial charge in [-0.05, 0) is 37.1 Å². The molecule has 2 heteroatoms. The molecular formula is C16H19NO. The molecule has 1 atom stereocenters. The van der Waals surface area contributed by atoms with Crippen molar-refractivity contribution in [2.45, 2.75) is 20.0 Å². The lowest BCUT2D eigenvalue weighted by Gasteiger charge is -2.15. The second-order valence-corrected chi connectivity index (χ2v) is 4.62. The summed E-state index contributed by atoms with van der Waals surface area (Å²) in [6.45, 7) is 4.62. The fourth-order valence-electron chi connectivity index (χ4n) is 2.08. The molecule has 0 heterocycles. The van der Waals surface area contributed by atoms with Crippen molar-refractivity contribution in [3.05, 3.63) is 65.2 Å². The highest BCUT2D eigenvalue weighted by atomic mass is 16.3. The minimum Gasteiger partial charge on any atom is -0.387 e. The first-order valence-corrected chi connectivity index (χ1v) is 6.21. The average molecular weight is 241 g/mol. The van der Waals surface area contributed by atoms with Gasteiger partial charge in [-0.1, -0.05) is 42.0 Å². The molecule has 94 valence electrons. The zero-order chi connectivity index (χ0) is 13.0. The highest BCUT2D eigenvalue weighted by Crippen LogP contribution is 2.19. The van der Waals surface area contributed by atoms with Gasteiger partial charge >= 0.3 is 0 Å². The molecule has 0 aliphatic carbocycles. The second kappa shape index (κ2) is 5.69. The molecule has 2 aromatic rings. The first-order valence-electron chi connectivity index (χ1n) is 6.21. The summed E-state index contributed by atoms with van der Waals surface area (Å²) in [6.07, 6.45) is -0.481. The van der Waals surface area contributed by atoms with Gasteiger partial charge in [0.15, 0.2) is 0 Å². The van der Waals surface area contributed by atoms with Crippen LogP contribution in [0.3, 0.4) is 0 Å². The number of para-hydroxylation sites is 1. The van der Waals surface area contributed by atoms with Crippen LogP contribution >= 0.6 is 0 Å². The van der Waals surface area contributed by atoms with Crippen LogP contribution in [0.25, 0.3) is 0 Å². The van der Waals surface area contributed by atoms with Crippen molar-refractivity contribution in [2.75, 3.05) is 11.9 Å². The van der Waals surface area contributed by atoms with Crippen molar-refractivity contribution in [1.29, 1.82) is 0 Å². The van der Waals surface area contributed by atoms with Crippen LogP contribution in [0.5, 0.6) is 0 Å². The lowest BCUT2D eigenvalue weighted by Crippen LogP contribution is -2.13. The number of aliphatic hydroxyl groups excluding tert-OH is 1. The Morgan fingerprint density at radius 2 is 1.78 bits per heavy atom. The van der Waals surface area contributed by atoms with Crippen molar-refractivity contribution in [3.8, 4) is 0 Å². The Balaban J connectivity index is 2.01. The van der Waals surface area contributed by atoms with Crippen LogP contribution < -0.4 is 5.32 Å². The maximum absolute atomic E-state index is 10.2. The fraction of sp³-hybridized carbons (Fsp3) is 0.250. The number of hydrogen-bond acceptors (Lipinski definition) is 2. The van der Waals surface area contributed by atoms with Gasteiger partial charge < -0.3 is 10.4 Å². The minimum atomic E-state index is -0.481. The van der Waals surface area contributed by atoms with Crippen LogP contribution in [0.15, 0.2) is 48.5 Å². The molecule has 0 saturated carbocycles. The third-order valence-electron chi connectivity index (χ3n) is 3.06. The molecule has 0 radical (unpaired) electrons. The molecule has 0 saturated heterocycles. The van der Waals surface area contributed by atoms with Crippen LogP contribution in [-0.2, 0) is 0 Å². The third kappa shape index (κ3) is 3.11. The summed E-state index contributed by atoms with van der Waals surface area (Å²) in [5, 5.41) is 13.4. The van der Waals surface area contributed by atoms with E-state index in [-0.39, 0.29) is 0 Å². The smallest absolute Gasteiger partial charge is 0.0964 e. The Bertz CT molecular complexity index is 508. The predicted molar refractivity (Wildman–Crippen MR) is 75.8 cm³/mol. The van der Waals surface area contributed by atoms with E-state index in [0.29, 0.717) is 6.54 Å². The molecule has 0 aromatic heterocycles. The molecule has 2 rings (SSSR count). The first-order chi connectivity index (χ1) is 8.66. The van der Waals surface area contributed by atoms with Gasteiger partial charge in [-0.3, -0.25) is 0 Å². The molecule has 0 aliphatic rings. The molecule has 0 amide bonds. The number of benzene rings is 2. The van der Waals surface area contributed by atoms with Gasteiger partial charge in [0.05, 0.1) is 6.10 Å². The summed E-state index contributed by atoms with van der Waals surface area (Å²) < 4.78 is 0. The van der Waals surface area contributed by atoms with E-state index in [1.54, 1.807) is 0 Å². The van der Waals surface area contributed by atoms with Gasteiger partial charge in [-0.2, -0.15) is 0 Å². The van der Waals surface area contributed by atoms with Crippen LogP contribution in [0, 0.1) is 13.8 Å². The maximum atomic E-state index is 10.2. The highest BCUT2D eigenvalue weighted by Gasteiger charge is 2.09. The second-order valence-electron chi connectivity index (χ2n) is 4.62. The average Bonchev–Trinajstić information content (AvgIpc) is 2.37. The molecule has 2 aromatic carbocycles. The molecule has 0 spiro atoms. The fourth-order valence-corrected chi connectivity index (χ4v) is 2.08.